The van der Waals surface area contributed by atoms with Gasteiger partial charge in [0.2, 0.25) is 0 Å². The molecule has 1 atom stereocenters. The van der Waals surface area contributed by atoms with E-state index in [0.29, 0.717) is 12.5 Å². The van der Waals surface area contributed by atoms with Gasteiger partial charge in [-0.3, -0.25) is 0 Å². The molecule has 0 aromatic carbocycles. The molecule has 1 heterocycles. The molecule has 0 unspecified atom stereocenters. The van der Waals surface area contributed by atoms with E-state index in [4.69, 9.17) is 4.74 Å². The zero-order valence-electron chi connectivity index (χ0n) is 15.1. The predicted molar refractivity (Wildman–Crippen MR) is 102 cm³/mol. The van der Waals surface area contributed by atoms with Gasteiger partial charge in [-0.2, -0.15) is 0 Å². The van der Waals surface area contributed by atoms with Crippen LogP contribution in [0.4, 0.5) is 0 Å². The molecule has 25 heavy (non-hydrogen) atoms. The van der Waals surface area contributed by atoms with Crippen molar-refractivity contribution in [2.45, 2.75) is 58.0 Å². The normalized spacial score (nSPS) is 19.2. The van der Waals surface area contributed by atoms with Gasteiger partial charge in [0.05, 0.1) is 0 Å². The average Bonchev–Trinajstić information content (AvgIpc) is 3.33. The zero-order valence-corrected chi connectivity index (χ0v) is 15.1. The number of carbonyl (C=O) groups excluding carboxylic acids is 1. The topological polar surface area (TPSA) is 52.7 Å². The molecule has 0 amide bonds. The molecule has 0 aromatic heterocycles. The SMILES string of the molecule is CC/C=C\C[C@H]1O/C1=C/C=C\C/C=C\C/C=C\C/C=C\CCC(=O)[O-]. The van der Waals surface area contributed by atoms with E-state index in [9.17, 15) is 9.90 Å². The lowest BCUT2D eigenvalue weighted by Crippen LogP contribution is -2.21. The summed E-state index contributed by atoms with van der Waals surface area (Å²) in [6.45, 7) is 2.13. The first-order chi connectivity index (χ1) is 12.2. The van der Waals surface area contributed by atoms with E-state index in [0.717, 1.165) is 37.9 Å². The summed E-state index contributed by atoms with van der Waals surface area (Å²) in [6.07, 6.45) is 28.5. The van der Waals surface area contributed by atoms with Gasteiger partial charge in [0.1, 0.15) is 5.76 Å². The van der Waals surface area contributed by atoms with Crippen molar-refractivity contribution in [2.24, 2.45) is 0 Å². The molecule has 0 aromatic rings. The van der Waals surface area contributed by atoms with Crippen LogP contribution in [-0.4, -0.2) is 12.1 Å². The maximum absolute atomic E-state index is 10.2. The summed E-state index contributed by atoms with van der Waals surface area (Å²) in [5, 5.41) is 10.2. The van der Waals surface area contributed by atoms with Crippen molar-refractivity contribution in [3.05, 3.63) is 72.6 Å². The molecule has 1 aliphatic heterocycles. The molecule has 0 radical (unpaired) electrons. The van der Waals surface area contributed by atoms with Crippen molar-refractivity contribution in [2.75, 3.05) is 0 Å². The largest absolute Gasteiger partial charge is 0.550 e. The lowest BCUT2D eigenvalue weighted by Gasteiger charge is -1.95. The van der Waals surface area contributed by atoms with E-state index < -0.39 is 5.97 Å². The van der Waals surface area contributed by atoms with Gasteiger partial charge in [-0.25, -0.2) is 0 Å². The second-order valence-electron chi connectivity index (χ2n) is 5.75. The van der Waals surface area contributed by atoms with Crippen LogP contribution in [0.3, 0.4) is 0 Å². The van der Waals surface area contributed by atoms with Crippen LogP contribution in [0.25, 0.3) is 0 Å². The molecular weight excluding hydrogens is 312 g/mol. The molecule has 1 rings (SSSR count). The van der Waals surface area contributed by atoms with Crippen LogP contribution >= 0.6 is 0 Å². The van der Waals surface area contributed by atoms with Crippen LogP contribution in [-0.2, 0) is 9.53 Å². The number of epoxide rings is 1. The molecule has 0 N–H and O–H groups in total. The number of hydrogen-bond acceptors (Lipinski definition) is 3. The Labute approximate surface area is 151 Å². The number of allylic oxidation sites excluding steroid dienone is 10. The quantitative estimate of drug-likeness (QED) is 0.365. The highest BCUT2D eigenvalue weighted by molar-refractivity contribution is 5.64. The minimum Gasteiger partial charge on any atom is -0.550 e. The minimum absolute atomic E-state index is 0.0931. The molecule has 1 fully saturated rings. The van der Waals surface area contributed by atoms with E-state index in [1.807, 2.05) is 18.2 Å². The van der Waals surface area contributed by atoms with Crippen LogP contribution in [0, 0.1) is 0 Å². The highest BCUT2D eigenvalue weighted by Crippen LogP contribution is 2.30. The number of ether oxygens (including phenoxy) is 1. The standard InChI is InChI=1S/C22H30O3/c1-2-3-14-17-20-21(25-20)18-15-12-10-8-6-4-5-7-9-11-13-16-19-22(23)24/h3,5-8,11-15,18,20H,2,4,9-10,16-17,19H2,1H3,(H,23,24)/p-1/b7-5-,8-6-,13-11-,14-3-,15-12-,21-18+/t20-/m1/s1. The van der Waals surface area contributed by atoms with Gasteiger partial charge >= 0.3 is 0 Å². The Morgan fingerprint density at radius 1 is 0.960 bits per heavy atom. The maximum atomic E-state index is 10.2. The van der Waals surface area contributed by atoms with Gasteiger partial charge in [0.25, 0.3) is 0 Å². The molecule has 1 saturated heterocycles. The van der Waals surface area contributed by atoms with Crippen LogP contribution in [0.1, 0.15) is 51.9 Å². The van der Waals surface area contributed by atoms with E-state index >= 15 is 0 Å². The predicted octanol–water partition coefficient (Wildman–Crippen LogP) is 4.55. The first-order valence-corrected chi connectivity index (χ1v) is 9.07. The van der Waals surface area contributed by atoms with Crippen LogP contribution in [0.15, 0.2) is 72.6 Å². The molecule has 0 bridgehead atoms. The summed E-state index contributed by atoms with van der Waals surface area (Å²) < 4.78 is 5.48. The number of carbonyl (C=O) groups is 1. The lowest BCUT2D eigenvalue weighted by atomic mass is 10.2. The second kappa shape index (κ2) is 14.1. The number of carboxylic acid groups (broad SMARTS) is 1. The number of carboxylic acids is 1. The average molecular weight is 341 g/mol. The van der Waals surface area contributed by atoms with Gasteiger partial charge in [-0.05, 0) is 44.6 Å². The third-order valence-electron chi connectivity index (χ3n) is 3.52. The second-order valence-corrected chi connectivity index (χ2v) is 5.75. The molecule has 3 heteroatoms. The van der Waals surface area contributed by atoms with Crippen molar-refractivity contribution in [1.82, 2.24) is 0 Å². The fourth-order valence-corrected chi connectivity index (χ4v) is 2.10. The lowest BCUT2D eigenvalue weighted by molar-refractivity contribution is -0.305. The molecule has 1 aliphatic rings. The zero-order chi connectivity index (χ0) is 18.2. The summed E-state index contributed by atoms with van der Waals surface area (Å²) >= 11 is 0. The van der Waals surface area contributed by atoms with Gasteiger partial charge in [0, 0.05) is 12.4 Å². The van der Waals surface area contributed by atoms with Crippen molar-refractivity contribution in [3.8, 4) is 0 Å². The number of aliphatic carboxylic acids is 1. The highest BCUT2D eigenvalue weighted by atomic mass is 16.6. The number of rotatable bonds is 13. The smallest absolute Gasteiger partial charge is 0.159 e. The Kier molecular flexibility index (Phi) is 11.7. The van der Waals surface area contributed by atoms with E-state index in [1.165, 1.54) is 0 Å². The van der Waals surface area contributed by atoms with E-state index in [2.05, 4.69) is 55.5 Å². The van der Waals surface area contributed by atoms with E-state index in [-0.39, 0.29) is 6.42 Å². The molecule has 0 spiro atoms. The van der Waals surface area contributed by atoms with Crippen molar-refractivity contribution in [1.29, 1.82) is 0 Å². The van der Waals surface area contributed by atoms with Gasteiger partial charge in [-0.15, -0.1) is 0 Å². The van der Waals surface area contributed by atoms with Crippen molar-refractivity contribution < 1.29 is 14.6 Å². The number of hydrogen-bond donors (Lipinski definition) is 0. The van der Waals surface area contributed by atoms with Gasteiger partial charge < -0.3 is 14.6 Å². The first kappa shape index (κ1) is 20.8. The summed E-state index contributed by atoms with van der Waals surface area (Å²) in [7, 11) is 0. The van der Waals surface area contributed by atoms with Crippen LogP contribution in [0.2, 0.25) is 0 Å². The third kappa shape index (κ3) is 12.8. The Morgan fingerprint density at radius 3 is 2.24 bits per heavy atom. The molecule has 136 valence electrons. The molecular formula is C22H29O3-. The van der Waals surface area contributed by atoms with Gasteiger partial charge in [0.15, 0.2) is 6.10 Å². The fraction of sp³-hybridized carbons (Fsp3) is 0.409. The van der Waals surface area contributed by atoms with Gasteiger partial charge in [-0.1, -0.05) is 67.7 Å². The molecule has 0 saturated carbocycles. The van der Waals surface area contributed by atoms with Crippen LogP contribution < -0.4 is 5.11 Å². The first-order valence-electron chi connectivity index (χ1n) is 9.07. The molecule has 3 nitrogen and oxygen atoms in total. The third-order valence-corrected chi connectivity index (χ3v) is 3.52. The fourth-order valence-electron chi connectivity index (χ4n) is 2.10. The Hall–Kier alpha value is -2.29. The monoisotopic (exact) mass is 341 g/mol. The van der Waals surface area contributed by atoms with E-state index in [1.54, 1.807) is 0 Å². The Morgan fingerprint density at radius 2 is 1.60 bits per heavy atom. The summed E-state index contributed by atoms with van der Waals surface area (Å²) in [5.74, 6) is 0.0840. The Bertz CT molecular complexity index is 548. The summed E-state index contributed by atoms with van der Waals surface area (Å²) in [6, 6.07) is 0. The summed E-state index contributed by atoms with van der Waals surface area (Å²) in [4.78, 5) is 10.2. The Balaban J connectivity index is 2.00. The van der Waals surface area contributed by atoms with Crippen molar-refractivity contribution in [3.63, 3.8) is 0 Å². The minimum atomic E-state index is -0.996. The maximum Gasteiger partial charge on any atom is 0.159 e. The highest BCUT2D eigenvalue weighted by Gasteiger charge is 2.29. The van der Waals surface area contributed by atoms with Crippen molar-refractivity contribution >= 4 is 5.97 Å². The van der Waals surface area contributed by atoms with Crippen LogP contribution in [0.5, 0.6) is 0 Å². The molecule has 0 aliphatic carbocycles. The summed E-state index contributed by atoms with van der Waals surface area (Å²) in [5.41, 5.74) is 0.